The highest BCUT2D eigenvalue weighted by Crippen LogP contribution is 2.23. The van der Waals surface area contributed by atoms with Crippen molar-refractivity contribution in [1.29, 1.82) is 0 Å². The van der Waals surface area contributed by atoms with Crippen molar-refractivity contribution in [2.75, 3.05) is 0 Å². The molecule has 7 heteroatoms. The third kappa shape index (κ3) is 3.04. The Bertz CT molecular complexity index is 784. The first-order valence-electron chi connectivity index (χ1n) is 6.48. The van der Waals surface area contributed by atoms with E-state index < -0.39 is 15.6 Å². The maximum Gasteiger partial charge on any atom is 0.242 e. The van der Waals surface area contributed by atoms with Crippen LogP contribution in [-0.4, -0.2) is 23.9 Å². The van der Waals surface area contributed by atoms with Gasteiger partial charge in [-0.1, -0.05) is 25.2 Å². The summed E-state index contributed by atoms with van der Waals surface area (Å²) in [6.07, 6.45) is 2.09. The second-order valence-electron chi connectivity index (χ2n) is 4.98. The zero-order valence-corrected chi connectivity index (χ0v) is 13.5. The summed E-state index contributed by atoms with van der Waals surface area (Å²) in [5, 5.41) is 0.564. The number of sulfonamides is 1. The fourth-order valence-electron chi connectivity index (χ4n) is 1.96. The predicted octanol–water partition coefficient (Wildman–Crippen LogP) is 1.97. The molecular formula is C14H17N3O2S2. The number of pyridine rings is 1. The van der Waals surface area contributed by atoms with E-state index in [1.54, 1.807) is 43.5 Å². The van der Waals surface area contributed by atoms with E-state index >= 15 is 0 Å². The van der Waals surface area contributed by atoms with Crippen LogP contribution in [0.15, 0.2) is 41.4 Å². The Morgan fingerprint density at radius 3 is 2.71 bits per heavy atom. The molecule has 1 aromatic carbocycles. The lowest BCUT2D eigenvalue weighted by Gasteiger charge is -2.28. The molecule has 0 aliphatic heterocycles. The highest BCUT2D eigenvalue weighted by atomic mass is 32.2. The minimum atomic E-state index is -3.76. The normalized spacial score (nSPS) is 14.8. The summed E-state index contributed by atoms with van der Waals surface area (Å²) < 4.78 is 27.9. The molecule has 3 N–H and O–H groups in total. The highest BCUT2D eigenvalue weighted by Gasteiger charge is 2.32. The van der Waals surface area contributed by atoms with Crippen LogP contribution in [0.4, 0.5) is 0 Å². The zero-order chi connectivity index (χ0) is 15.7. The molecule has 21 heavy (non-hydrogen) atoms. The van der Waals surface area contributed by atoms with Crippen LogP contribution in [-0.2, 0) is 10.0 Å². The largest absolute Gasteiger partial charge is 0.392 e. The molecule has 1 atom stereocenters. The molecule has 1 heterocycles. The van der Waals surface area contributed by atoms with Crippen LogP contribution in [0.5, 0.6) is 0 Å². The molecule has 0 radical (unpaired) electrons. The van der Waals surface area contributed by atoms with Gasteiger partial charge in [0, 0.05) is 11.6 Å². The number of nitrogens with zero attached hydrogens (tertiary/aromatic N) is 1. The van der Waals surface area contributed by atoms with E-state index in [0.717, 1.165) is 0 Å². The molecule has 0 saturated carbocycles. The molecule has 0 aliphatic rings. The monoisotopic (exact) mass is 323 g/mol. The Morgan fingerprint density at radius 1 is 1.38 bits per heavy atom. The number of hydrogen-bond donors (Lipinski definition) is 2. The Hall–Kier alpha value is -1.57. The first-order valence-corrected chi connectivity index (χ1v) is 8.37. The Morgan fingerprint density at radius 2 is 2.10 bits per heavy atom. The van der Waals surface area contributed by atoms with Crippen molar-refractivity contribution in [3.8, 4) is 0 Å². The van der Waals surface area contributed by atoms with E-state index in [4.69, 9.17) is 18.0 Å². The van der Waals surface area contributed by atoms with Crippen LogP contribution in [0.1, 0.15) is 20.3 Å². The van der Waals surface area contributed by atoms with E-state index in [9.17, 15) is 8.42 Å². The molecule has 5 nitrogen and oxygen atoms in total. The number of aromatic nitrogens is 1. The zero-order valence-electron chi connectivity index (χ0n) is 11.8. The van der Waals surface area contributed by atoms with Gasteiger partial charge < -0.3 is 5.73 Å². The van der Waals surface area contributed by atoms with Crippen LogP contribution in [0, 0.1) is 0 Å². The van der Waals surface area contributed by atoms with Gasteiger partial charge in [-0.25, -0.2) is 8.42 Å². The van der Waals surface area contributed by atoms with E-state index in [1.165, 1.54) is 0 Å². The second-order valence-corrected chi connectivity index (χ2v) is 7.07. The molecule has 2 rings (SSSR count). The van der Waals surface area contributed by atoms with Crippen LogP contribution < -0.4 is 10.5 Å². The number of fused-ring (bicyclic) bond motifs is 1. The summed E-state index contributed by atoms with van der Waals surface area (Å²) >= 11 is 4.98. The molecule has 1 unspecified atom stereocenters. The van der Waals surface area contributed by atoms with Crippen LogP contribution in [0.2, 0.25) is 0 Å². The number of benzene rings is 1. The summed E-state index contributed by atoms with van der Waals surface area (Å²) in [6, 6.07) is 8.39. The van der Waals surface area contributed by atoms with Crippen molar-refractivity contribution in [3.05, 3.63) is 36.5 Å². The van der Waals surface area contributed by atoms with Crippen molar-refractivity contribution < 1.29 is 8.42 Å². The Labute approximate surface area is 129 Å². The molecule has 0 bridgehead atoms. The fourth-order valence-corrected chi connectivity index (χ4v) is 3.89. The lowest BCUT2D eigenvalue weighted by atomic mass is 10.0. The quantitative estimate of drug-likeness (QED) is 0.822. The Kier molecular flexibility index (Phi) is 4.27. The average Bonchev–Trinajstić information content (AvgIpc) is 2.45. The fraction of sp³-hybridized carbons (Fsp3) is 0.286. The van der Waals surface area contributed by atoms with Gasteiger partial charge in [0.2, 0.25) is 10.0 Å². The van der Waals surface area contributed by atoms with Gasteiger partial charge in [0.15, 0.2) is 0 Å². The lowest BCUT2D eigenvalue weighted by molar-refractivity contribution is 0.512. The van der Waals surface area contributed by atoms with Crippen LogP contribution in [0.3, 0.4) is 0 Å². The SMILES string of the molecule is CCC(C)(NS(=O)(=O)c1cccc2ncccc12)C(N)=S. The highest BCUT2D eigenvalue weighted by molar-refractivity contribution is 7.90. The van der Waals surface area contributed by atoms with Gasteiger partial charge in [0.05, 0.1) is 20.9 Å². The van der Waals surface area contributed by atoms with Gasteiger partial charge in [-0.15, -0.1) is 0 Å². The predicted molar refractivity (Wildman–Crippen MR) is 87.5 cm³/mol. The summed E-state index contributed by atoms with van der Waals surface area (Å²) in [5.74, 6) is 0. The molecule has 112 valence electrons. The van der Waals surface area contributed by atoms with Crippen molar-refractivity contribution in [3.63, 3.8) is 0 Å². The van der Waals surface area contributed by atoms with Gasteiger partial charge in [-0.2, -0.15) is 4.72 Å². The molecule has 1 aromatic heterocycles. The van der Waals surface area contributed by atoms with Gasteiger partial charge in [0.25, 0.3) is 0 Å². The molecule has 0 spiro atoms. The summed E-state index contributed by atoms with van der Waals surface area (Å²) in [4.78, 5) is 4.45. The van der Waals surface area contributed by atoms with Gasteiger partial charge in [0.1, 0.15) is 0 Å². The summed E-state index contributed by atoms with van der Waals surface area (Å²) in [5.41, 5.74) is 5.33. The van der Waals surface area contributed by atoms with Crippen molar-refractivity contribution in [2.24, 2.45) is 5.73 Å². The van der Waals surface area contributed by atoms with Crippen LogP contribution >= 0.6 is 12.2 Å². The molecular weight excluding hydrogens is 306 g/mol. The molecule has 0 fully saturated rings. The number of thiocarbonyl (C=S) groups is 1. The van der Waals surface area contributed by atoms with E-state index in [-0.39, 0.29) is 9.88 Å². The van der Waals surface area contributed by atoms with Gasteiger partial charge in [-0.3, -0.25) is 4.98 Å². The lowest BCUT2D eigenvalue weighted by Crippen LogP contribution is -2.53. The van der Waals surface area contributed by atoms with Crippen molar-refractivity contribution in [2.45, 2.75) is 30.7 Å². The first kappa shape index (κ1) is 15.8. The number of nitrogens with two attached hydrogens (primary N) is 1. The van der Waals surface area contributed by atoms with E-state index in [2.05, 4.69) is 9.71 Å². The number of hydrogen-bond acceptors (Lipinski definition) is 4. The minimum Gasteiger partial charge on any atom is -0.392 e. The first-order chi connectivity index (χ1) is 9.80. The van der Waals surface area contributed by atoms with Crippen LogP contribution in [0.25, 0.3) is 10.9 Å². The minimum absolute atomic E-state index is 0.118. The number of rotatable bonds is 5. The number of nitrogens with one attached hydrogen (secondary N) is 1. The molecule has 2 aromatic rings. The maximum atomic E-state index is 12.7. The molecule has 0 amide bonds. The summed E-state index contributed by atoms with van der Waals surface area (Å²) in [6.45, 7) is 3.50. The second kappa shape index (κ2) is 5.67. The smallest absolute Gasteiger partial charge is 0.242 e. The maximum absolute atomic E-state index is 12.7. The standard InChI is InChI=1S/C14H17N3O2S2/c1-3-14(2,13(15)20)17-21(18,19)12-8-4-7-11-10(12)6-5-9-16-11/h4-9,17H,3H2,1-2H3,(H2,15,20). The summed E-state index contributed by atoms with van der Waals surface area (Å²) in [7, 11) is -3.76. The van der Waals surface area contributed by atoms with Crippen molar-refractivity contribution >= 4 is 38.1 Å². The third-order valence-electron chi connectivity index (χ3n) is 3.51. The topological polar surface area (TPSA) is 85.1 Å². The third-order valence-corrected chi connectivity index (χ3v) is 5.61. The average molecular weight is 323 g/mol. The van der Waals surface area contributed by atoms with E-state index in [1.807, 2.05) is 6.92 Å². The van der Waals surface area contributed by atoms with Gasteiger partial charge >= 0.3 is 0 Å². The Balaban J connectivity index is 2.55. The van der Waals surface area contributed by atoms with Gasteiger partial charge in [-0.05, 0) is 37.6 Å². The molecule has 0 saturated heterocycles. The molecule has 0 aliphatic carbocycles. The van der Waals surface area contributed by atoms with Crippen molar-refractivity contribution in [1.82, 2.24) is 9.71 Å². The van der Waals surface area contributed by atoms with E-state index in [0.29, 0.717) is 17.3 Å².